The number of nitrogens with one attached hydrogen (secondary N) is 1. The van der Waals surface area contributed by atoms with Gasteiger partial charge in [0, 0.05) is 12.8 Å². The van der Waals surface area contributed by atoms with Crippen LogP contribution in [0.25, 0.3) is 0 Å². The predicted octanol–water partition coefficient (Wildman–Crippen LogP) is 3.30. The summed E-state index contributed by atoms with van der Waals surface area (Å²) in [5.41, 5.74) is 2.91. The second-order valence-electron chi connectivity index (χ2n) is 4.47. The topological polar surface area (TPSA) is 51.5 Å². The van der Waals surface area contributed by atoms with E-state index in [-0.39, 0.29) is 11.7 Å². The Bertz CT molecular complexity index is 587. The molecule has 1 heterocycles. The highest BCUT2D eigenvalue weighted by Gasteiger charge is 2.12. The summed E-state index contributed by atoms with van der Waals surface area (Å²) in [5, 5.41) is 2.85. The zero-order valence-corrected chi connectivity index (χ0v) is 11.3. The van der Waals surface area contributed by atoms with E-state index in [1.807, 2.05) is 32.0 Å². The third-order valence-corrected chi connectivity index (χ3v) is 2.81. The van der Waals surface area contributed by atoms with E-state index < -0.39 is 0 Å². The van der Waals surface area contributed by atoms with Crippen LogP contribution < -0.4 is 5.32 Å². The highest BCUT2D eigenvalue weighted by atomic mass is 16.5. The van der Waals surface area contributed by atoms with E-state index in [9.17, 15) is 4.79 Å². The van der Waals surface area contributed by atoms with Crippen LogP contribution in [0.15, 0.2) is 34.7 Å². The first-order valence-corrected chi connectivity index (χ1v) is 6.06. The normalized spacial score (nSPS) is 10.5. The van der Waals surface area contributed by atoms with Gasteiger partial charge >= 0.3 is 0 Å². The first-order valence-electron chi connectivity index (χ1n) is 6.06. The fraction of sp³-hybridized carbons (Fsp3) is 0.267. The third-order valence-electron chi connectivity index (χ3n) is 2.81. The highest BCUT2D eigenvalue weighted by molar-refractivity contribution is 6.02. The van der Waals surface area contributed by atoms with Crippen LogP contribution in [-0.2, 0) is 11.3 Å². The number of amides is 1. The lowest BCUT2D eigenvalue weighted by atomic mass is 10.1. The highest BCUT2D eigenvalue weighted by Crippen LogP contribution is 2.18. The van der Waals surface area contributed by atoms with Crippen LogP contribution >= 0.6 is 0 Å². The van der Waals surface area contributed by atoms with E-state index in [1.54, 1.807) is 19.2 Å². The summed E-state index contributed by atoms with van der Waals surface area (Å²) in [4.78, 5) is 12.0. The monoisotopic (exact) mass is 259 g/mol. The first kappa shape index (κ1) is 13.4. The lowest BCUT2D eigenvalue weighted by Gasteiger charge is -2.07. The summed E-state index contributed by atoms with van der Waals surface area (Å²) < 4.78 is 10.3. The van der Waals surface area contributed by atoms with Gasteiger partial charge in [0.1, 0.15) is 12.4 Å². The van der Waals surface area contributed by atoms with Crippen molar-refractivity contribution < 1.29 is 13.9 Å². The lowest BCUT2D eigenvalue weighted by Crippen LogP contribution is -2.12. The summed E-state index contributed by atoms with van der Waals surface area (Å²) >= 11 is 0. The molecule has 4 heteroatoms. The largest absolute Gasteiger partial charge is 0.453 e. The van der Waals surface area contributed by atoms with E-state index in [2.05, 4.69) is 5.32 Å². The molecule has 0 fully saturated rings. The Balaban J connectivity index is 2.13. The molecule has 1 N–H and O–H groups in total. The van der Waals surface area contributed by atoms with Gasteiger partial charge in [-0.3, -0.25) is 4.79 Å². The van der Waals surface area contributed by atoms with Crippen LogP contribution in [0, 0.1) is 13.8 Å². The molecule has 0 aliphatic carbocycles. The molecule has 1 aromatic heterocycles. The van der Waals surface area contributed by atoms with Crippen molar-refractivity contribution >= 4 is 11.6 Å². The van der Waals surface area contributed by atoms with Gasteiger partial charge in [-0.25, -0.2) is 0 Å². The molecule has 1 amide bonds. The molecule has 19 heavy (non-hydrogen) atoms. The maximum Gasteiger partial charge on any atom is 0.291 e. The molecular formula is C15H17NO3. The smallest absolute Gasteiger partial charge is 0.291 e. The summed E-state index contributed by atoms with van der Waals surface area (Å²) in [6.07, 6.45) is 0. The maximum atomic E-state index is 12.0. The molecule has 0 bridgehead atoms. The average Bonchev–Trinajstić information content (AvgIpc) is 2.83. The Morgan fingerprint density at radius 2 is 2.05 bits per heavy atom. The molecule has 0 aliphatic rings. The minimum Gasteiger partial charge on any atom is -0.453 e. The number of carbonyl (C=O) groups excluding carboxylic acids is 1. The lowest BCUT2D eigenvalue weighted by molar-refractivity contribution is 0.0987. The van der Waals surface area contributed by atoms with Crippen molar-refractivity contribution in [3.8, 4) is 0 Å². The second kappa shape index (κ2) is 5.71. The molecule has 100 valence electrons. The van der Waals surface area contributed by atoms with Gasteiger partial charge in [-0.1, -0.05) is 12.1 Å². The molecule has 0 aliphatic heterocycles. The Labute approximate surface area is 112 Å². The number of carbonyl (C=O) groups is 1. The predicted molar refractivity (Wildman–Crippen MR) is 73.3 cm³/mol. The Hall–Kier alpha value is -2.07. The average molecular weight is 259 g/mol. The number of ether oxygens (including phenoxy) is 1. The van der Waals surface area contributed by atoms with E-state index in [1.165, 1.54) is 0 Å². The number of anilines is 1. The zero-order valence-electron chi connectivity index (χ0n) is 11.3. The fourth-order valence-corrected chi connectivity index (χ4v) is 1.77. The van der Waals surface area contributed by atoms with E-state index in [0.29, 0.717) is 12.4 Å². The van der Waals surface area contributed by atoms with Crippen LogP contribution in [0.5, 0.6) is 0 Å². The molecule has 0 saturated carbocycles. The number of hydrogen-bond donors (Lipinski definition) is 1. The Morgan fingerprint density at radius 1 is 1.26 bits per heavy atom. The molecule has 0 radical (unpaired) electrons. The summed E-state index contributed by atoms with van der Waals surface area (Å²) in [6, 6.07) is 9.31. The maximum absolute atomic E-state index is 12.0. The number of hydrogen-bond acceptors (Lipinski definition) is 3. The van der Waals surface area contributed by atoms with Crippen LogP contribution in [-0.4, -0.2) is 13.0 Å². The molecule has 0 saturated heterocycles. The van der Waals surface area contributed by atoms with Crippen molar-refractivity contribution in [2.75, 3.05) is 12.4 Å². The summed E-state index contributed by atoms with van der Waals surface area (Å²) in [7, 11) is 1.58. The van der Waals surface area contributed by atoms with Crippen LogP contribution in [0.2, 0.25) is 0 Å². The SMILES string of the molecule is COCc1ccc(C(=O)Nc2cc(C)ccc2C)o1. The second-order valence-corrected chi connectivity index (χ2v) is 4.47. The summed E-state index contributed by atoms with van der Waals surface area (Å²) in [5.74, 6) is 0.664. The van der Waals surface area contributed by atoms with Gasteiger partial charge in [-0.15, -0.1) is 0 Å². The van der Waals surface area contributed by atoms with Gasteiger partial charge in [-0.2, -0.15) is 0 Å². The number of benzene rings is 1. The summed E-state index contributed by atoms with van der Waals surface area (Å²) in [6.45, 7) is 4.29. The van der Waals surface area contributed by atoms with Crippen molar-refractivity contribution in [1.82, 2.24) is 0 Å². The standard InChI is InChI=1S/C15H17NO3/c1-10-4-5-11(2)13(8-10)16-15(17)14-7-6-12(19-14)9-18-3/h4-8H,9H2,1-3H3,(H,16,17). The minimum atomic E-state index is -0.254. The van der Waals surface area contributed by atoms with Gasteiger partial charge in [0.2, 0.25) is 0 Å². The molecule has 1 aromatic carbocycles. The number of aryl methyl sites for hydroxylation is 2. The van der Waals surface area contributed by atoms with E-state index >= 15 is 0 Å². The van der Waals surface area contributed by atoms with Gasteiger partial charge in [-0.05, 0) is 43.2 Å². The van der Waals surface area contributed by atoms with Crippen molar-refractivity contribution in [1.29, 1.82) is 0 Å². The van der Waals surface area contributed by atoms with Crippen molar-refractivity contribution in [2.24, 2.45) is 0 Å². The quantitative estimate of drug-likeness (QED) is 0.916. The number of methoxy groups -OCH3 is 1. The zero-order chi connectivity index (χ0) is 13.8. The van der Waals surface area contributed by atoms with Crippen LogP contribution in [0.4, 0.5) is 5.69 Å². The molecular weight excluding hydrogens is 242 g/mol. The van der Waals surface area contributed by atoms with Gasteiger partial charge in [0.25, 0.3) is 5.91 Å². The molecule has 0 unspecified atom stereocenters. The van der Waals surface area contributed by atoms with Gasteiger partial charge in [0.15, 0.2) is 5.76 Å². The third kappa shape index (κ3) is 3.23. The van der Waals surface area contributed by atoms with Crippen LogP contribution in [0.3, 0.4) is 0 Å². The first-order chi connectivity index (χ1) is 9.10. The van der Waals surface area contributed by atoms with Gasteiger partial charge in [0.05, 0.1) is 0 Å². The van der Waals surface area contributed by atoms with Crippen LogP contribution in [0.1, 0.15) is 27.4 Å². The fourth-order valence-electron chi connectivity index (χ4n) is 1.77. The Morgan fingerprint density at radius 3 is 2.79 bits per heavy atom. The van der Waals surface area contributed by atoms with E-state index in [0.717, 1.165) is 16.8 Å². The van der Waals surface area contributed by atoms with E-state index in [4.69, 9.17) is 9.15 Å². The van der Waals surface area contributed by atoms with Crippen molar-refractivity contribution in [3.63, 3.8) is 0 Å². The van der Waals surface area contributed by atoms with Crippen molar-refractivity contribution in [2.45, 2.75) is 20.5 Å². The minimum absolute atomic E-state index is 0.254. The number of rotatable bonds is 4. The molecule has 0 spiro atoms. The Kier molecular flexibility index (Phi) is 4.02. The molecule has 2 rings (SSSR count). The van der Waals surface area contributed by atoms with Crippen molar-refractivity contribution in [3.05, 3.63) is 53.0 Å². The molecule has 4 nitrogen and oxygen atoms in total. The van der Waals surface area contributed by atoms with Gasteiger partial charge < -0.3 is 14.5 Å². The molecule has 2 aromatic rings. The molecule has 0 atom stereocenters. The number of furan rings is 1.